The fourth-order valence-electron chi connectivity index (χ4n) is 2.53. The van der Waals surface area contributed by atoms with E-state index in [0.717, 1.165) is 37.3 Å². The van der Waals surface area contributed by atoms with Gasteiger partial charge in [0, 0.05) is 36.8 Å². The Balaban J connectivity index is 2.35. The van der Waals surface area contributed by atoms with Gasteiger partial charge in [-0.25, -0.2) is 0 Å². The molecule has 0 radical (unpaired) electrons. The predicted octanol–water partition coefficient (Wildman–Crippen LogP) is 2.21. The molecule has 0 saturated carbocycles. The number of halogens is 1. The highest BCUT2D eigenvalue weighted by molar-refractivity contribution is 6.30. The first-order valence-electron chi connectivity index (χ1n) is 6.44. The van der Waals surface area contributed by atoms with Crippen molar-refractivity contribution in [1.29, 1.82) is 5.26 Å². The van der Waals surface area contributed by atoms with Gasteiger partial charge in [-0.05, 0) is 24.6 Å². The summed E-state index contributed by atoms with van der Waals surface area (Å²) in [5.41, 5.74) is 1.51. The van der Waals surface area contributed by atoms with Gasteiger partial charge in [-0.3, -0.25) is 4.90 Å². The second-order valence-corrected chi connectivity index (χ2v) is 5.26. The van der Waals surface area contributed by atoms with Gasteiger partial charge in [-0.15, -0.1) is 0 Å². The second kappa shape index (κ2) is 6.25. The normalized spacial score (nSPS) is 17.9. The number of nitrogens with one attached hydrogen (secondary N) is 1. The molecule has 0 unspecified atom stereocenters. The Morgan fingerprint density at radius 1 is 1.47 bits per heavy atom. The molecule has 4 nitrogen and oxygen atoms in total. The molecule has 1 aromatic carbocycles. The van der Waals surface area contributed by atoms with Crippen LogP contribution in [-0.4, -0.2) is 36.2 Å². The summed E-state index contributed by atoms with van der Waals surface area (Å²) in [5, 5.41) is 23.2. The molecule has 0 aliphatic carbocycles. The molecule has 0 amide bonds. The van der Waals surface area contributed by atoms with Crippen LogP contribution < -0.4 is 5.32 Å². The number of piperazine rings is 1. The van der Waals surface area contributed by atoms with Crippen LogP contribution in [0.4, 0.5) is 0 Å². The first-order valence-corrected chi connectivity index (χ1v) is 6.82. The molecule has 5 heteroatoms. The average Bonchev–Trinajstić information content (AvgIpc) is 2.41. The molecular formula is C14H18ClN3O. The van der Waals surface area contributed by atoms with Crippen molar-refractivity contribution >= 4 is 11.6 Å². The zero-order valence-corrected chi connectivity index (χ0v) is 11.7. The lowest BCUT2D eigenvalue weighted by Crippen LogP contribution is -2.45. The summed E-state index contributed by atoms with van der Waals surface area (Å²) in [6.07, 6.45) is 0.355. The fraction of sp³-hybridized carbons (Fsp3) is 0.500. The van der Waals surface area contributed by atoms with E-state index >= 15 is 0 Å². The second-order valence-electron chi connectivity index (χ2n) is 4.82. The number of phenolic OH excluding ortho intramolecular Hbond substituents is 1. The smallest absolute Gasteiger partial charge is 0.123 e. The Morgan fingerprint density at radius 3 is 2.79 bits per heavy atom. The molecular weight excluding hydrogens is 262 g/mol. The molecule has 1 atom stereocenters. The molecule has 2 N–H and O–H groups in total. The molecule has 1 aromatic rings. The number of phenols is 1. The van der Waals surface area contributed by atoms with Crippen molar-refractivity contribution in [2.75, 3.05) is 26.2 Å². The number of nitrogens with zero attached hydrogens (tertiary/aromatic N) is 2. The van der Waals surface area contributed by atoms with Gasteiger partial charge in [-0.1, -0.05) is 11.6 Å². The molecule has 0 bridgehead atoms. The summed E-state index contributed by atoms with van der Waals surface area (Å²) in [6, 6.07) is 5.63. The Morgan fingerprint density at radius 2 is 2.16 bits per heavy atom. The van der Waals surface area contributed by atoms with E-state index in [1.165, 1.54) is 0 Å². The minimum Gasteiger partial charge on any atom is -0.507 e. The van der Waals surface area contributed by atoms with Crippen molar-refractivity contribution < 1.29 is 5.11 Å². The zero-order valence-electron chi connectivity index (χ0n) is 11.0. The van der Waals surface area contributed by atoms with Crippen LogP contribution in [0.15, 0.2) is 12.1 Å². The van der Waals surface area contributed by atoms with Gasteiger partial charge in [0.2, 0.25) is 0 Å². The molecule has 1 aliphatic heterocycles. The molecule has 2 rings (SSSR count). The summed E-state index contributed by atoms with van der Waals surface area (Å²) >= 11 is 6.08. The van der Waals surface area contributed by atoms with Gasteiger partial charge < -0.3 is 10.4 Å². The predicted molar refractivity (Wildman–Crippen MR) is 75.3 cm³/mol. The topological polar surface area (TPSA) is 59.3 Å². The lowest BCUT2D eigenvalue weighted by atomic mass is 9.98. The minimum absolute atomic E-state index is 0.0931. The lowest BCUT2D eigenvalue weighted by molar-refractivity contribution is 0.173. The van der Waals surface area contributed by atoms with E-state index in [4.69, 9.17) is 16.9 Å². The Bertz CT molecular complexity index is 492. The number of aromatic hydroxyl groups is 1. The van der Waals surface area contributed by atoms with Gasteiger partial charge >= 0.3 is 0 Å². The lowest BCUT2D eigenvalue weighted by Gasteiger charge is -2.34. The third-order valence-electron chi connectivity index (χ3n) is 3.53. The quantitative estimate of drug-likeness (QED) is 0.891. The zero-order chi connectivity index (χ0) is 13.8. The van der Waals surface area contributed by atoms with Crippen LogP contribution in [0.5, 0.6) is 5.75 Å². The van der Waals surface area contributed by atoms with Crippen LogP contribution in [0.1, 0.15) is 23.6 Å². The van der Waals surface area contributed by atoms with E-state index in [0.29, 0.717) is 11.4 Å². The molecule has 19 heavy (non-hydrogen) atoms. The summed E-state index contributed by atoms with van der Waals surface area (Å²) in [7, 11) is 0. The first kappa shape index (κ1) is 14.1. The van der Waals surface area contributed by atoms with Crippen LogP contribution in [0, 0.1) is 18.3 Å². The number of benzene rings is 1. The van der Waals surface area contributed by atoms with E-state index in [1.807, 2.05) is 6.92 Å². The molecule has 1 saturated heterocycles. The van der Waals surface area contributed by atoms with Crippen molar-refractivity contribution in [3.05, 3.63) is 28.3 Å². The van der Waals surface area contributed by atoms with E-state index < -0.39 is 0 Å². The number of hydrogen-bond acceptors (Lipinski definition) is 4. The van der Waals surface area contributed by atoms with Crippen LogP contribution in [0.2, 0.25) is 5.02 Å². The molecule has 102 valence electrons. The van der Waals surface area contributed by atoms with Crippen LogP contribution in [-0.2, 0) is 0 Å². The SMILES string of the molecule is Cc1cc(Cl)cc([C@@H](CC#N)N2CCNCC2)c1O. The molecule has 0 spiro atoms. The first-order chi connectivity index (χ1) is 9.13. The average molecular weight is 280 g/mol. The van der Waals surface area contributed by atoms with Gasteiger partial charge in [0.05, 0.1) is 18.5 Å². The number of nitriles is 1. The molecule has 0 aromatic heterocycles. The molecule has 1 aliphatic rings. The van der Waals surface area contributed by atoms with Crippen LogP contribution >= 0.6 is 11.6 Å². The number of hydrogen-bond donors (Lipinski definition) is 2. The molecule has 1 heterocycles. The van der Waals surface area contributed by atoms with Gasteiger partial charge in [0.1, 0.15) is 5.75 Å². The number of aryl methyl sites for hydroxylation is 1. The van der Waals surface area contributed by atoms with Crippen molar-refractivity contribution in [2.45, 2.75) is 19.4 Å². The van der Waals surface area contributed by atoms with E-state index in [1.54, 1.807) is 12.1 Å². The highest BCUT2D eigenvalue weighted by Gasteiger charge is 2.25. The third kappa shape index (κ3) is 3.19. The van der Waals surface area contributed by atoms with Crippen LogP contribution in [0.25, 0.3) is 0 Å². The summed E-state index contributed by atoms with van der Waals surface area (Å²) < 4.78 is 0. The number of rotatable bonds is 3. The third-order valence-corrected chi connectivity index (χ3v) is 3.75. The van der Waals surface area contributed by atoms with Crippen LogP contribution in [0.3, 0.4) is 0 Å². The summed E-state index contributed by atoms with van der Waals surface area (Å²) in [4.78, 5) is 2.23. The van der Waals surface area contributed by atoms with Gasteiger partial charge in [-0.2, -0.15) is 5.26 Å². The summed E-state index contributed by atoms with van der Waals surface area (Å²) in [6.45, 7) is 5.38. The maximum atomic E-state index is 10.2. The molecule has 1 fully saturated rings. The van der Waals surface area contributed by atoms with Crippen molar-refractivity contribution in [3.8, 4) is 11.8 Å². The minimum atomic E-state index is -0.0931. The monoisotopic (exact) mass is 279 g/mol. The highest BCUT2D eigenvalue weighted by Crippen LogP contribution is 2.35. The van der Waals surface area contributed by atoms with E-state index in [2.05, 4.69) is 16.3 Å². The van der Waals surface area contributed by atoms with Crippen molar-refractivity contribution in [2.24, 2.45) is 0 Å². The fourth-order valence-corrected chi connectivity index (χ4v) is 2.81. The van der Waals surface area contributed by atoms with E-state index in [9.17, 15) is 5.11 Å². The van der Waals surface area contributed by atoms with E-state index in [-0.39, 0.29) is 11.8 Å². The highest BCUT2D eigenvalue weighted by atomic mass is 35.5. The maximum Gasteiger partial charge on any atom is 0.123 e. The largest absolute Gasteiger partial charge is 0.507 e. The van der Waals surface area contributed by atoms with Crippen molar-refractivity contribution in [3.63, 3.8) is 0 Å². The summed E-state index contributed by atoms with van der Waals surface area (Å²) in [5.74, 6) is 0.253. The van der Waals surface area contributed by atoms with Gasteiger partial charge in [0.25, 0.3) is 0 Å². The Kier molecular flexibility index (Phi) is 4.65. The maximum absolute atomic E-state index is 10.2. The Hall–Kier alpha value is -1.28. The standard InChI is InChI=1S/C14H18ClN3O/c1-10-8-11(15)9-12(14(10)19)13(2-3-16)18-6-4-17-5-7-18/h8-9,13,17,19H,2,4-7H2,1H3/t13-/m1/s1. The Labute approximate surface area is 118 Å². The van der Waals surface area contributed by atoms with Gasteiger partial charge in [0.15, 0.2) is 0 Å². The van der Waals surface area contributed by atoms with Crippen molar-refractivity contribution in [1.82, 2.24) is 10.2 Å².